The van der Waals surface area contributed by atoms with E-state index < -0.39 is 28.7 Å². The summed E-state index contributed by atoms with van der Waals surface area (Å²) in [5.74, 6) is -1.93. The molecule has 0 aromatic heterocycles. The van der Waals surface area contributed by atoms with Crippen LogP contribution in [0.15, 0.2) is 18.2 Å². The number of carbonyl (C=O) groups is 3. The number of anilines is 1. The highest BCUT2D eigenvalue weighted by Crippen LogP contribution is 2.22. The number of nitro groups is 1. The van der Waals surface area contributed by atoms with E-state index in [9.17, 15) is 24.5 Å². The lowest BCUT2D eigenvalue weighted by Gasteiger charge is -2.31. The minimum Gasteiger partial charge on any atom is -0.398 e. The summed E-state index contributed by atoms with van der Waals surface area (Å²) in [6.07, 6.45) is 0. The van der Waals surface area contributed by atoms with Crippen LogP contribution < -0.4 is 11.1 Å². The number of benzene rings is 1. The topological polar surface area (TPSA) is 136 Å². The van der Waals surface area contributed by atoms with Crippen molar-refractivity contribution in [1.82, 2.24) is 10.2 Å². The zero-order chi connectivity index (χ0) is 15.7. The standard InChI is InChI=1S/C12H12N4O5/c1-6-11(18)14-10(17)5-15(6)12(19)8-4-7(16(20)21)2-3-9(8)13/h2-4,6H,5,13H2,1H3,(H,14,17,18). The van der Waals surface area contributed by atoms with Gasteiger partial charge in [0.25, 0.3) is 11.6 Å². The lowest BCUT2D eigenvalue weighted by atomic mass is 10.1. The Morgan fingerprint density at radius 2 is 2.14 bits per heavy atom. The number of imide groups is 1. The summed E-state index contributed by atoms with van der Waals surface area (Å²) in [5.41, 5.74) is 5.28. The van der Waals surface area contributed by atoms with E-state index in [1.807, 2.05) is 0 Å². The van der Waals surface area contributed by atoms with E-state index in [1.165, 1.54) is 19.1 Å². The van der Waals surface area contributed by atoms with Crippen molar-refractivity contribution in [1.29, 1.82) is 0 Å². The minimum atomic E-state index is -0.867. The molecule has 9 heteroatoms. The van der Waals surface area contributed by atoms with Crippen molar-refractivity contribution >= 4 is 29.1 Å². The summed E-state index contributed by atoms with van der Waals surface area (Å²) in [6, 6.07) is 2.57. The van der Waals surface area contributed by atoms with Crippen molar-refractivity contribution in [3.63, 3.8) is 0 Å². The summed E-state index contributed by atoms with van der Waals surface area (Å²) < 4.78 is 0. The Balaban J connectivity index is 2.39. The Morgan fingerprint density at radius 1 is 1.48 bits per heavy atom. The fraction of sp³-hybridized carbons (Fsp3) is 0.250. The third kappa shape index (κ3) is 2.66. The van der Waals surface area contributed by atoms with E-state index >= 15 is 0 Å². The van der Waals surface area contributed by atoms with E-state index in [0.29, 0.717) is 0 Å². The van der Waals surface area contributed by atoms with Crippen LogP contribution in [0.2, 0.25) is 0 Å². The molecule has 9 nitrogen and oxygen atoms in total. The molecule has 0 radical (unpaired) electrons. The van der Waals surface area contributed by atoms with Crippen LogP contribution in [0.4, 0.5) is 11.4 Å². The SMILES string of the molecule is CC1C(=O)NC(=O)CN1C(=O)c1cc([N+](=O)[O-])ccc1N. The van der Waals surface area contributed by atoms with E-state index in [0.717, 1.165) is 11.0 Å². The Labute approximate surface area is 118 Å². The molecule has 1 aliphatic rings. The van der Waals surface area contributed by atoms with Crippen LogP contribution >= 0.6 is 0 Å². The van der Waals surface area contributed by atoms with Crippen LogP contribution in [0.1, 0.15) is 17.3 Å². The molecule has 1 fully saturated rings. The van der Waals surface area contributed by atoms with Crippen LogP contribution in [-0.2, 0) is 9.59 Å². The molecule has 1 unspecified atom stereocenters. The smallest absolute Gasteiger partial charge is 0.270 e. The number of nitrogens with zero attached hydrogens (tertiary/aromatic N) is 2. The molecule has 3 N–H and O–H groups in total. The number of nitro benzene ring substituents is 1. The monoisotopic (exact) mass is 292 g/mol. The Kier molecular flexibility index (Phi) is 3.57. The molecule has 2 rings (SSSR count). The molecule has 0 spiro atoms. The van der Waals surface area contributed by atoms with Gasteiger partial charge in [-0.15, -0.1) is 0 Å². The van der Waals surface area contributed by atoms with Crippen molar-refractivity contribution < 1.29 is 19.3 Å². The molecule has 1 aromatic carbocycles. The highest BCUT2D eigenvalue weighted by atomic mass is 16.6. The highest BCUT2D eigenvalue weighted by molar-refractivity contribution is 6.08. The molecule has 1 saturated heterocycles. The predicted octanol–water partition coefficient (Wildman–Crippen LogP) is -0.336. The molecule has 1 heterocycles. The van der Waals surface area contributed by atoms with Crippen LogP contribution in [0, 0.1) is 10.1 Å². The van der Waals surface area contributed by atoms with Crippen molar-refractivity contribution in [2.75, 3.05) is 12.3 Å². The average Bonchev–Trinajstić information content (AvgIpc) is 2.42. The van der Waals surface area contributed by atoms with E-state index in [1.54, 1.807) is 0 Å². The molecule has 3 amide bonds. The molecular weight excluding hydrogens is 280 g/mol. The van der Waals surface area contributed by atoms with Crippen LogP contribution in [0.5, 0.6) is 0 Å². The van der Waals surface area contributed by atoms with Crippen LogP contribution in [-0.4, -0.2) is 40.1 Å². The number of hydrogen-bond acceptors (Lipinski definition) is 6. The maximum atomic E-state index is 12.4. The molecular formula is C12H12N4O5. The number of nitrogen functional groups attached to an aromatic ring is 1. The van der Waals surface area contributed by atoms with Gasteiger partial charge in [-0.25, -0.2) is 0 Å². The summed E-state index contributed by atoms with van der Waals surface area (Å²) in [5, 5.41) is 12.9. The van der Waals surface area contributed by atoms with E-state index in [4.69, 9.17) is 5.73 Å². The van der Waals surface area contributed by atoms with Gasteiger partial charge in [-0.05, 0) is 13.0 Å². The third-order valence-electron chi connectivity index (χ3n) is 3.16. The number of carbonyl (C=O) groups excluding carboxylic acids is 3. The highest BCUT2D eigenvalue weighted by Gasteiger charge is 2.35. The van der Waals surface area contributed by atoms with Gasteiger partial charge in [0.2, 0.25) is 11.8 Å². The van der Waals surface area contributed by atoms with Crippen molar-refractivity contribution in [2.24, 2.45) is 0 Å². The minimum absolute atomic E-state index is 0.0382. The first-order valence-corrected chi connectivity index (χ1v) is 6.00. The number of rotatable bonds is 2. The van der Waals surface area contributed by atoms with E-state index in [2.05, 4.69) is 5.32 Å². The van der Waals surface area contributed by atoms with Gasteiger partial charge in [0.1, 0.15) is 12.6 Å². The first kappa shape index (κ1) is 14.4. The van der Waals surface area contributed by atoms with Gasteiger partial charge < -0.3 is 10.6 Å². The summed E-state index contributed by atoms with van der Waals surface area (Å²) in [6.45, 7) is 1.14. The summed E-state index contributed by atoms with van der Waals surface area (Å²) >= 11 is 0. The van der Waals surface area contributed by atoms with Gasteiger partial charge in [0.05, 0.1) is 10.5 Å². The van der Waals surface area contributed by atoms with Gasteiger partial charge >= 0.3 is 0 Å². The number of piperazine rings is 1. The normalized spacial score (nSPS) is 18.3. The third-order valence-corrected chi connectivity index (χ3v) is 3.16. The molecule has 0 bridgehead atoms. The Bertz CT molecular complexity index is 657. The van der Waals surface area contributed by atoms with Crippen LogP contribution in [0.3, 0.4) is 0 Å². The maximum absolute atomic E-state index is 12.4. The number of nitrogens with one attached hydrogen (secondary N) is 1. The molecule has 21 heavy (non-hydrogen) atoms. The molecule has 0 saturated carbocycles. The molecule has 110 valence electrons. The second-order valence-electron chi connectivity index (χ2n) is 4.55. The summed E-state index contributed by atoms with van der Waals surface area (Å²) in [7, 11) is 0. The Morgan fingerprint density at radius 3 is 2.76 bits per heavy atom. The second-order valence-corrected chi connectivity index (χ2v) is 4.55. The molecule has 1 aromatic rings. The first-order valence-electron chi connectivity index (χ1n) is 6.00. The molecule has 0 aliphatic carbocycles. The summed E-state index contributed by atoms with van der Waals surface area (Å²) in [4.78, 5) is 46.4. The number of hydrogen-bond donors (Lipinski definition) is 2. The van der Waals surface area contributed by atoms with Crippen LogP contribution in [0.25, 0.3) is 0 Å². The maximum Gasteiger partial charge on any atom is 0.270 e. The number of non-ortho nitro benzene ring substituents is 1. The number of amides is 3. The zero-order valence-electron chi connectivity index (χ0n) is 11.0. The Hall–Kier alpha value is -2.97. The fourth-order valence-electron chi connectivity index (χ4n) is 1.96. The van der Waals surface area contributed by atoms with Gasteiger partial charge in [0, 0.05) is 17.8 Å². The number of nitrogens with two attached hydrogens (primary N) is 1. The van der Waals surface area contributed by atoms with Gasteiger partial charge in [-0.3, -0.25) is 29.8 Å². The quantitative estimate of drug-likeness (QED) is 0.331. The fourth-order valence-corrected chi connectivity index (χ4v) is 1.96. The predicted molar refractivity (Wildman–Crippen MR) is 71.2 cm³/mol. The van der Waals surface area contributed by atoms with Gasteiger partial charge in [0.15, 0.2) is 0 Å². The largest absolute Gasteiger partial charge is 0.398 e. The first-order chi connectivity index (χ1) is 9.81. The van der Waals surface area contributed by atoms with Crippen molar-refractivity contribution in [3.8, 4) is 0 Å². The zero-order valence-corrected chi connectivity index (χ0v) is 11.0. The second kappa shape index (κ2) is 5.19. The van der Waals surface area contributed by atoms with E-state index in [-0.39, 0.29) is 23.5 Å². The van der Waals surface area contributed by atoms with Gasteiger partial charge in [-0.1, -0.05) is 0 Å². The van der Waals surface area contributed by atoms with Gasteiger partial charge in [-0.2, -0.15) is 0 Å². The van der Waals surface area contributed by atoms with Crippen molar-refractivity contribution in [3.05, 3.63) is 33.9 Å². The molecule has 1 aliphatic heterocycles. The van der Waals surface area contributed by atoms with Crippen molar-refractivity contribution in [2.45, 2.75) is 13.0 Å². The lowest BCUT2D eigenvalue weighted by molar-refractivity contribution is -0.384. The molecule has 1 atom stereocenters. The average molecular weight is 292 g/mol. The lowest BCUT2D eigenvalue weighted by Crippen LogP contribution is -2.58.